The third-order valence-electron chi connectivity index (χ3n) is 2.46. The summed E-state index contributed by atoms with van der Waals surface area (Å²) in [6.45, 7) is 3.77. The molecule has 0 aliphatic heterocycles. The van der Waals surface area contributed by atoms with E-state index in [0.29, 0.717) is 0 Å². The maximum absolute atomic E-state index is 11.3. The number of phenols is 1. The van der Waals surface area contributed by atoms with Crippen LogP contribution in [0, 0.1) is 5.92 Å². The number of benzene rings is 1. The van der Waals surface area contributed by atoms with E-state index in [1.165, 1.54) is 18.9 Å². The summed E-state index contributed by atoms with van der Waals surface area (Å²) in [4.78, 5) is 12.1. The van der Waals surface area contributed by atoms with Gasteiger partial charge in [0.2, 0.25) is 0 Å². The van der Waals surface area contributed by atoms with Crippen LogP contribution in [-0.4, -0.2) is 23.4 Å². The van der Waals surface area contributed by atoms with Gasteiger partial charge in [0.05, 0.1) is 13.0 Å². The first-order chi connectivity index (χ1) is 7.56. The quantitative estimate of drug-likeness (QED) is 0.649. The van der Waals surface area contributed by atoms with E-state index in [9.17, 15) is 9.90 Å². The molecule has 2 atom stereocenters. The Labute approximate surface area is 99.8 Å². The molecule has 0 saturated heterocycles. The zero-order chi connectivity index (χ0) is 12.1. The Morgan fingerprint density at radius 3 is 2.56 bits per heavy atom. The standard InChI is InChI=1S/C12H16O3S/c1-8(12(14)15-3)9(2)16-11-7-5-4-6-10(11)13/h4-9,13H,1-3H3. The number of ether oxygens (including phenoxy) is 1. The number of thioether (sulfide) groups is 1. The Bertz CT molecular complexity index is 365. The van der Waals surface area contributed by atoms with Gasteiger partial charge >= 0.3 is 5.97 Å². The van der Waals surface area contributed by atoms with E-state index in [4.69, 9.17) is 0 Å². The molecule has 0 aliphatic carbocycles. The smallest absolute Gasteiger partial charge is 0.309 e. The van der Waals surface area contributed by atoms with Crippen LogP contribution in [0.3, 0.4) is 0 Å². The Kier molecular flexibility index (Phi) is 4.68. The van der Waals surface area contributed by atoms with Crippen LogP contribution < -0.4 is 0 Å². The normalized spacial score (nSPS) is 14.2. The van der Waals surface area contributed by atoms with Crippen molar-refractivity contribution in [1.82, 2.24) is 0 Å². The fraction of sp³-hybridized carbons (Fsp3) is 0.417. The topological polar surface area (TPSA) is 46.5 Å². The lowest BCUT2D eigenvalue weighted by atomic mass is 10.1. The minimum Gasteiger partial charge on any atom is -0.507 e. The van der Waals surface area contributed by atoms with Crippen LogP contribution in [0.2, 0.25) is 0 Å². The molecule has 16 heavy (non-hydrogen) atoms. The van der Waals surface area contributed by atoms with Crippen molar-refractivity contribution >= 4 is 17.7 Å². The SMILES string of the molecule is COC(=O)C(C)C(C)Sc1ccccc1O. The van der Waals surface area contributed by atoms with E-state index >= 15 is 0 Å². The van der Waals surface area contributed by atoms with Crippen LogP contribution in [0.25, 0.3) is 0 Å². The van der Waals surface area contributed by atoms with Crippen molar-refractivity contribution in [2.45, 2.75) is 24.0 Å². The second-order valence-corrected chi connectivity index (χ2v) is 5.02. The number of esters is 1. The van der Waals surface area contributed by atoms with Crippen LogP contribution in [0.1, 0.15) is 13.8 Å². The van der Waals surface area contributed by atoms with Gasteiger partial charge in [-0.3, -0.25) is 4.79 Å². The van der Waals surface area contributed by atoms with Gasteiger partial charge in [0.1, 0.15) is 5.75 Å². The van der Waals surface area contributed by atoms with Gasteiger partial charge in [-0.25, -0.2) is 0 Å². The van der Waals surface area contributed by atoms with E-state index in [-0.39, 0.29) is 22.9 Å². The summed E-state index contributed by atoms with van der Waals surface area (Å²) < 4.78 is 4.69. The highest BCUT2D eigenvalue weighted by molar-refractivity contribution is 8.00. The zero-order valence-electron chi connectivity index (χ0n) is 9.64. The number of rotatable bonds is 4. The highest BCUT2D eigenvalue weighted by Crippen LogP contribution is 2.34. The molecule has 0 radical (unpaired) electrons. The number of hydrogen-bond acceptors (Lipinski definition) is 4. The van der Waals surface area contributed by atoms with Gasteiger partial charge in [0, 0.05) is 10.1 Å². The van der Waals surface area contributed by atoms with Crippen molar-refractivity contribution in [1.29, 1.82) is 0 Å². The number of methoxy groups -OCH3 is 1. The average Bonchev–Trinajstić information content (AvgIpc) is 2.30. The molecule has 0 bridgehead atoms. The highest BCUT2D eigenvalue weighted by atomic mass is 32.2. The lowest BCUT2D eigenvalue weighted by Crippen LogP contribution is -2.21. The van der Waals surface area contributed by atoms with E-state index in [0.717, 1.165) is 4.90 Å². The summed E-state index contributed by atoms with van der Waals surface area (Å²) >= 11 is 1.47. The molecule has 2 unspecified atom stereocenters. The van der Waals surface area contributed by atoms with Crippen LogP contribution in [-0.2, 0) is 9.53 Å². The molecule has 3 nitrogen and oxygen atoms in total. The van der Waals surface area contributed by atoms with Crippen molar-refractivity contribution in [2.75, 3.05) is 7.11 Å². The van der Waals surface area contributed by atoms with E-state index in [1.807, 2.05) is 26.0 Å². The van der Waals surface area contributed by atoms with E-state index in [1.54, 1.807) is 12.1 Å². The summed E-state index contributed by atoms with van der Waals surface area (Å²) in [7, 11) is 1.39. The minimum atomic E-state index is -0.226. The highest BCUT2D eigenvalue weighted by Gasteiger charge is 2.22. The molecular formula is C12H16O3S. The van der Waals surface area contributed by atoms with Crippen molar-refractivity contribution in [3.63, 3.8) is 0 Å². The van der Waals surface area contributed by atoms with Gasteiger partial charge < -0.3 is 9.84 Å². The first-order valence-electron chi connectivity index (χ1n) is 5.08. The molecule has 0 aromatic heterocycles. The molecule has 1 aromatic rings. The van der Waals surface area contributed by atoms with Gasteiger partial charge in [-0.1, -0.05) is 26.0 Å². The predicted molar refractivity (Wildman–Crippen MR) is 64.6 cm³/mol. The van der Waals surface area contributed by atoms with Gasteiger partial charge in [-0.05, 0) is 12.1 Å². The number of carbonyl (C=O) groups excluding carboxylic acids is 1. The first-order valence-corrected chi connectivity index (χ1v) is 5.96. The molecule has 0 spiro atoms. The molecule has 4 heteroatoms. The molecule has 0 aliphatic rings. The monoisotopic (exact) mass is 240 g/mol. The van der Waals surface area contributed by atoms with Crippen molar-refractivity contribution in [3.8, 4) is 5.75 Å². The van der Waals surface area contributed by atoms with Crippen LogP contribution in [0.5, 0.6) is 5.75 Å². The second-order valence-electron chi connectivity index (χ2n) is 3.60. The number of carbonyl (C=O) groups is 1. The summed E-state index contributed by atoms with van der Waals surface area (Å²) in [6, 6.07) is 7.10. The number of para-hydroxylation sites is 1. The molecule has 1 rings (SSSR count). The van der Waals surface area contributed by atoms with Crippen molar-refractivity contribution in [2.24, 2.45) is 5.92 Å². The summed E-state index contributed by atoms with van der Waals surface area (Å²) in [5.41, 5.74) is 0. The fourth-order valence-electron chi connectivity index (χ4n) is 1.24. The molecule has 1 N–H and O–H groups in total. The Hall–Kier alpha value is -1.16. The summed E-state index contributed by atoms with van der Waals surface area (Å²) in [6.07, 6.45) is 0. The van der Waals surface area contributed by atoms with Gasteiger partial charge in [-0.15, -0.1) is 11.8 Å². The molecule has 0 heterocycles. The zero-order valence-corrected chi connectivity index (χ0v) is 10.5. The Morgan fingerprint density at radius 1 is 1.38 bits per heavy atom. The van der Waals surface area contributed by atoms with Gasteiger partial charge in [-0.2, -0.15) is 0 Å². The fourth-order valence-corrected chi connectivity index (χ4v) is 2.30. The third-order valence-corrected chi connectivity index (χ3v) is 3.83. The Morgan fingerprint density at radius 2 is 2.00 bits per heavy atom. The van der Waals surface area contributed by atoms with Crippen LogP contribution in [0.15, 0.2) is 29.2 Å². The molecular weight excluding hydrogens is 224 g/mol. The molecule has 1 aromatic carbocycles. The average molecular weight is 240 g/mol. The maximum Gasteiger partial charge on any atom is 0.309 e. The number of phenolic OH excluding ortho intramolecular Hbond substituents is 1. The molecule has 0 fully saturated rings. The Balaban J connectivity index is 2.68. The minimum absolute atomic E-state index is 0.0562. The maximum atomic E-state index is 11.3. The predicted octanol–water partition coefficient (Wildman–Crippen LogP) is 2.68. The van der Waals surface area contributed by atoms with E-state index in [2.05, 4.69) is 4.74 Å². The second kappa shape index (κ2) is 5.80. The van der Waals surface area contributed by atoms with Crippen LogP contribution >= 0.6 is 11.8 Å². The largest absolute Gasteiger partial charge is 0.507 e. The van der Waals surface area contributed by atoms with Gasteiger partial charge in [0.15, 0.2) is 0 Å². The van der Waals surface area contributed by atoms with Crippen molar-refractivity contribution < 1.29 is 14.6 Å². The summed E-state index contributed by atoms with van der Waals surface area (Å²) in [5.74, 6) is -0.179. The molecule has 0 amide bonds. The molecule has 88 valence electrons. The number of aromatic hydroxyl groups is 1. The third kappa shape index (κ3) is 3.17. The van der Waals surface area contributed by atoms with Gasteiger partial charge in [0.25, 0.3) is 0 Å². The van der Waals surface area contributed by atoms with E-state index < -0.39 is 0 Å². The first kappa shape index (κ1) is 12.9. The lowest BCUT2D eigenvalue weighted by Gasteiger charge is -2.17. The number of hydrogen-bond donors (Lipinski definition) is 1. The molecule has 0 saturated carbocycles. The van der Waals surface area contributed by atoms with Crippen molar-refractivity contribution in [3.05, 3.63) is 24.3 Å². The summed E-state index contributed by atoms with van der Waals surface area (Å²) in [5, 5.41) is 9.66. The lowest BCUT2D eigenvalue weighted by molar-refractivity contribution is -0.144. The van der Waals surface area contributed by atoms with Crippen LogP contribution in [0.4, 0.5) is 0 Å².